The minimum Gasteiger partial charge on any atom is -0.390 e. The summed E-state index contributed by atoms with van der Waals surface area (Å²) >= 11 is 0. The lowest BCUT2D eigenvalue weighted by Gasteiger charge is -2.29. The molecular weight excluding hydrogens is 236 g/mol. The first-order chi connectivity index (χ1) is 8.83. The molecule has 0 aromatic heterocycles. The maximum Gasteiger partial charge on any atom is 0.0620 e. The summed E-state index contributed by atoms with van der Waals surface area (Å²) in [7, 11) is 0. The normalized spacial score (nSPS) is 18.0. The molecular formula is C17H36O2. The van der Waals surface area contributed by atoms with Gasteiger partial charge >= 0.3 is 0 Å². The minimum absolute atomic E-state index is 0.609. The van der Waals surface area contributed by atoms with Gasteiger partial charge in [0.2, 0.25) is 0 Å². The van der Waals surface area contributed by atoms with Crippen molar-refractivity contribution in [2.45, 2.75) is 110 Å². The van der Waals surface area contributed by atoms with Crippen molar-refractivity contribution < 1.29 is 10.2 Å². The number of hydrogen-bond acceptors (Lipinski definition) is 2. The van der Waals surface area contributed by atoms with E-state index < -0.39 is 11.2 Å². The highest BCUT2D eigenvalue weighted by atomic mass is 16.3. The van der Waals surface area contributed by atoms with Crippen LogP contribution in [0, 0.1) is 0 Å². The van der Waals surface area contributed by atoms with Gasteiger partial charge in [0.1, 0.15) is 0 Å². The summed E-state index contributed by atoms with van der Waals surface area (Å²) in [6.45, 7) is 8.12. The van der Waals surface area contributed by atoms with E-state index in [0.717, 1.165) is 25.7 Å². The van der Waals surface area contributed by atoms with E-state index in [4.69, 9.17) is 0 Å². The lowest BCUT2D eigenvalue weighted by molar-refractivity contribution is -0.0122. The third kappa shape index (κ3) is 11.4. The molecule has 2 nitrogen and oxygen atoms in total. The van der Waals surface area contributed by atoms with Gasteiger partial charge < -0.3 is 10.2 Å². The lowest BCUT2D eigenvalue weighted by Crippen LogP contribution is -2.31. The van der Waals surface area contributed by atoms with Crippen LogP contribution in [-0.4, -0.2) is 21.4 Å². The average molecular weight is 272 g/mol. The van der Waals surface area contributed by atoms with Crippen molar-refractivity contribution in [1.82, 2.24) is 0 Å². The predicted octanol–water partition coefficient (Wildman–Crippen LogP) is 4.82. The van der Waals surface area contributed by atoms with Crippen LogP contribution in [0.2, 0.25) is 0 Å². The lowest BCUT2D eigenvalue weighted by atomic mass is 9.86. The van der Waals surface area contributed by atoms with Crippen molar-refractivity contribution in [3.8, 4) is 0 Å². The first-order valence-corrected chi connectivity index (χ1v) is 8.28. The van der Waals surface area contributed by atoms with Crippen LogP contribution in [0.1, 0.15) is 98.3 Å². The number of unbranched alkanes of at least 4 members (excludes halogenated alkanes) is 5. The van der Waals surface area contributed by atoms with Gasteiger partial charge in [-0.25, -0.2) is 0 Å². The molecule has 0 saturated carbocycles. The van der Waals surface area contributed by atoms with Crippen LogP contribution in [0.3, 0.4) is 0 Å². The van der Waals surface area contributed by atoms with Crippen LogP contribution in [0.5, 0.6) is 0 Å². The SMILES string of the molecule is CCCCCCCCC(C)(O)CCC(C)(O)CCC. The molecule has 0 radical (unpaired) electrons. The largest absolute Gasteiger partial charge is 0.390 e. The highest BCUT2D eigenvalue weighted by Gasteiger charge is 2.26. The highest BCUT2D eigenvalue weighted by Crippen LogP contribution is 2.27. The van der Waals surface area contributed by atoms with Gasteiger partial charge in [-0.05, 0) is 39.5 Å². The van der Waals surface area contributed by atoms with E-state index >= 15 is 0 Å². The van der Waals surface area contributed by atoms with Crippen molar-refractivity contribution in [3.63, 3.8) is 0 Å². The molecule has 2 heteroatoms. The van der Waals surface area contributed by atoms with Gasteiger partial charge in [0.05, 0.1) is 11.2 Å². The zero-order valence-electron chi connectivity index (χ0n) is 13.7. The molecule has 0 aromatic carbocycles. The van der Waals surface area contributed by atoms with Gasteiger partial charge in [0, 0.05) is 0 Å². The predicted molar refractivity (Wildman–Crippen MR) is 83.4 cm³/mol. The first-order valence-electron chi connectivity index (χ1n) is 8.28. The Kier molecular flexibility index (Phi) is 9.72. The Bertz CT molecular complexity index is 209. The van der Waals surface area contributed by atoms with Gasteiger partial charge in [-0.2, -0.15) is 0 Å². The molecule has 0 heterocycles. The second kappa shape index (κ2) is 9.77. The van der Waals surface area contributed by atoms with Crippen LogP contribution in [0.15, 0.2) is 0 Å². The number of rotatable bonds is 12. The van der Waals surface area contributed by atoms with Crippen LogP contribution >= 0.6 is 0 Å². The number of aliphatic hydroxyl groups is 2. The Morgan fingerprint density at radius 1 is 0.579 bits per heavy atom. The maximum absolute atomic E-state index is 10.3. The maximum atomic E-state index is 10.3. The molecule has 0 amide bonds. The second-order valence-corrected chi connectivity index (χ2v) is 6.76. The van der Waals surface area contributed by atoms with E-state index in [-0.39, 0.29) is 0 Å². The van der Waals surface area contributed by atoms with E-state index in [2.05, 4.69) is 13.8 Å². The van der Waals surface area contributed by atoms with Gasteiger partial charge in [-0.1, -0.05) is 58.8 Å². The van der Waals surface area contributed by atoms with Crippen molar-refractivity contribution in [2.24, 2.45) is 0 Å². The van der Waals surface area contributed by atoms with Crippen molar-refractivity contribution in [2.75, 3.05) is 0 Å². The van der Waals surface area contributed by atoms with E-state index in [0.29, 0.717) is 12.8 Å². The highest BCUT2D eigenvalue weighted by molar-refractivity contribution is 4.79. The summed E-state index contributed by atoms with van der Waals surface area (Å²) in [6.07, 6.45) is 11.6. The average Bonchev–Trinajstić information content (AvgIpc) is 2.32. The molecule has 19 heavy (non-hydrogen) atoms. The van der Waals surface area contributed by atoms with Crippen molar-refractivity contribution >= 4 is 0 Å². The topological polar surface area (TPSA) is 40.5 Å². The molecule has 0 aliphatic rings. The van der Waals surface area contributed by atoms with Crippen LogP contribution in [0.4, 0.5) is 0 Å². The Labute approximate surface area is 120 Å². The minimum atomic E-state index is -0.611. The molecule has 116 valence electrons. The van der Waals surface area contributed by atoms with Gasteiger partial charge in [0.25, 0.3) is 0 Å². The summed E-state index contributed by atoms with van der Waals surface area (Å²) in [5.41, 5.74) is -1.22. The zero-order valence-corrected chi connectivity index (χ0v) is 13.7. The zero-order chi connectivity index (χ0) is 14.8. The van der Waals surface area contributed by atoms with Crippen molar-refractivity contribution in [3.05, 3.63) is 0 Å². The van der Waals surface area contributed by atoms with Crippen LogP contribution in [-0.2, 0) is 0 Å². The van der Waals surface area contributed by atoms with Gasteiger partial charge in [0.15, 0.2) is 0 Å². The molecule has 0 fully saturated rings. The van der Waals surface area contributed by atoms with Crippen LogP contribution in [0.25, 0.3) is 0 Å². The fourth-order valence-corrected chi connectivity index (χ4v) is 2.61. The Morgan fingerprint density at radius 3 is 1.58 bits per heavy atom. The van der Waals surface area contributed by atoms with E-state index in [1.807, 2.05) is 13.8 Å². The summed E-state index contributed by atoms with van der Waals surface area (Å²) in [4.78, 5) is 0. The molecule has 0 aliphatic carbocycles. The van der Waals surface area contributed by atoms with Crippen molar-refractivity contribution in [1.29, 1.82) is 0 Å². The molecule has 0 aromatic rings. The summed E-state index contributed by atoms with van der Waals surface area (Å²) in [6, 6.07) is 0. The molecule has 0 saturated heterocycles. The fourth-order valence-electron chi connectivity index (χ4n) is 2.61. The van der Waals surface area contributed by atoms with Gasteiger partial charge in [-0.15, -0.1) is 0 Å². The third-order valence-electron chi connectivity index (χ3n) is 4.06. The molecule has 0 rings (SSSR count). The summed E-state index contributed by atoms with van der Waals surface area (Å²) < 4.78 is 0. The quantitative estimate of drug-likeness (QED) is 0.500. The molecule has 0 aliphatic heterocycles. The monoisotopic (exact) mass is 272 g/mol. The van der Waals surface area contributed by atoms with E-state index in [1.54, 1.807) is 0 Å². The second-order valence-electron chi connectivity index (χ2n) is 6.76. The molecule has 0 bridgehead atoms. The van der Waals surface area contributed by atoms with Crippen LogP contribution < -0.4 is 0 Å². The summed E-state index contributed by atoms with van der Waals surface area (Å²) in [5, 5.41) is 20.5. The third-order valence-corrected chi connectivity index (χ3v) is 4.06. The fraction of sp³-hybridized carbons (Fsp3) is 1.00. The first kappa shape index (κ1) is 18.9. The van der Waals surface area contributed by atoms with E-state index in [9.17, 15) is 10.2 Å². The Balaban J connectivity index is 3.73. The molecule has 2 N–H and O–H groups in total. The standard InChI is InChI=1S/C17H36O2/c1-5-7-8-9-10-11-13-17(4,19)15-14-16(3,18)12-6-2/h18-19H,5-15H2,1-4H3. The Morgan fingerprint density at radius 2 is 1.05 bits per heavy atom. The molecule has 2 atom stereocenters. The summed E-state index contributed by atoms with van der Waals surface area (Å²) in [5.74, 6) is 0. The molecule has 0 spiro atoms. The van der Waals surface area contributed by atoms with Gasteiger partial charge in [-0.3, -0.25) is 0 Å². The molecule has 2 unspecified atom stereocenters. The number of hydrogen-bond donors (Lipinski definition) is 2. The Hall–Kier alpha value is -0.0800. The smallest absolute Gasteiger partial charge is 0.0620 e. The van der Waals surface area contributed by atoms with E-state index in [1.165, 1.54) is 32.1 Å².